The van der Waals surface area contributed by atoms with E-state index in [-0.39, 0.29) is 0 Å². The van der Waals surface area contributed by atoms with Crippen molar-refractivity contribution in [1.82, 2.24) is 0 Å². The SMILES string of the molecule is CC(C)OC(C)(CN)C(F)(F)F. The van der Waals surface area contributed by atoms with Crippen molar-refractivity contribution in [3.63, 3.8) is 0 Å². The van der Waals surface area contributed by atoms with Crippen molar-refractivity contribution in [1.29, 1.82) is 0 Å². The summed E-state index contributed by atoms with van der Waals surface area (Å²) >= 11 is 0. The van der Waals surface area contributed by atoms with Crippen molar-refractivity contribution in [3.05, 3.63) is 0 Å². The highest BCUT2D eigenvalue weighted by Gasteiger charge is 2.51. The lowest BCUT2D eigenvalue weighted by atomic mass is 10.1. The van der Waals surface area contributed by atoms with Gasteiger partial charge in [-0.1, -0.05) is 0 Å². The third kappa shape index (κ3) is 2.64. The number of hydrogen-bond acceptors (Lipinski definition) is 2. The highest BCUT2D eigenvalue weighted by atomic mass is 19.4. The summed E-state index contributed by atoms with van der Waals surface area (Å²) in [5.41, 5.74) is 2.78. The summed E-state index contributed by atoms with van der Waals surface area (Å²) in [5.74, 6) is 0. The Morgan fingerprint density at radius 1 is 1.33 bits per heavy atom. The van der Waals surface area contributed by atoms with Crippen LogP contribution in [0, 0.1) is 0 Å². The largest absolute Gasteiger partial charge is 0.418 e. The van der Waals surface area contributed by atoms with Crippen LogP contribution in [-0.4, -0.2) is 24.4 Å². The Balaban J connectivity index is 4.46. The second-order valence-corrected chi connectivity index (χ2v) is 3.10. The molecule has 2 nitrogen and oxygen atoms in total. The van der Waals surface area contributed by atoms with Crippen molar-refractivity contribution in [2.75, 3.05) is 6.54 Å². The van der Waals surface area contributed by atoms with Crippen LogP contribution in [0.4, 0.5) is 13.2 Å². The van der Waals surface area contributed by atoms with Gasteiger partial charge in [-0.3, -0.25) is 0 Å². The molecule has 12 heavy (non-hydrogen) atoms. The van der Waals surface area contributed by atoms with Gasteiger partial charge in [0.15, 0.2) is 5.60 Å². The van der Waals surface area contributed by atoms with Crippen molar-refractivity contribution in [2.24, 2.45) is 5.73 Å². The molecule has 0 aromatic rings. The van der Waals surface area contributed by atoms with E-state index >= 15 is 0 Å². The quantitative estimate of drug-likeness (QED) is 0.726. The van der Waals surface area contributed by atoms with Gasteiger partial charge in [0.2, 0.25) is 0 Å². The van der Waals surface area contributed by atoms with Gasteiger partial charge in [0, 0.05) is 6.54 Å². The van der Waals surface area contributed by atoms with Gasteiger partial charge in [-0.2, -0.15) is 13.2 Å². The minimum Gasteiger partial charge on any atom is -0.362 e. The van der Waals surface area contributed by atoms with Gasteiger partial charge in [0.25, 0.3) is 0 Å². The number of alkyl halides is 3. The Kier molecular flexibility index (Phi) is 3.53. The normalized spacial score (nSPS) is 18.0. The number of ether oxygens (including phenoxy) is 1. The summed E-state index contributed by atoms with van der Waals surface area (Å²) in [6.45, 7) is 3.47. The van der Waals surface area contributed by atoms with Crippen LogP contribution in [0.25, 0.3) is 0 Å². The predicted molar refractivity (Wildman–Crippen MR) is 39.7 cm³/mol. The first-order valence-corrected chi connectivity index (χ1v) is 3.67. The summed E-state index contributed by atoms with van der Waals surface area (Å²) in [6.07, 6.45) is -4.90. The lowest BCUT2D eigenvalue weighted by Crippen LogP contribution is -2.52. The Hall–Kier alpha value is -0.290. The topological polar surface area (TPSA) is 35.2 Å². The Bertz CT molecular complexity index is 146. The fourth-order valence-corrected chi connectivity index (χ4v) is 0.751. The van der Waals surface area contributed by atoms with E-state index < -0.39 is 24.4 Å². The molecule has 0 aliphatic rings. The van der Waals surface area contributed by atoms with Gasteiger partial charge >= 0.3 is 6.18 Å². The molecule has 0 aliphatic heterocycles. The molecule has 0 fully saturated rings. The maximum Gasteiger partial charge on any atom is 0.418 e. The molecule has 2 N–H and O–H groups in total. The molecule has 0 aromatic carbocycles. The Morgan fingerprint density at radius 3 is 1.83 bits per heavy atom. The fourth-order valence-electron chi connectivity index (χ4n) is 0.751. The molecule has 5 heteroatoms. The van der Waals surface area contributed by atoms with E-state index in [9.17, 15) is 13.2 Å². The molecule has 0 spiro atoms. The van der Waals surface area contributed by atoms with Gasteiger partial charge in [-0.25, -0.2) is 0 Å². The van der Waals surface area contributed by atoms with Crippen LogP contribution >= 0.6 is 0 Å². The summed E-state index contributed by atoms with van der Waals surface area (Å²) in [5, 5.41) is 0. The maximum atomic E-state index is 12.3. The molecule has 1 atom stereocenters. The third-order valence-electron chi connectivity index (χ3n) is 1.48. The zero-order chi connectivity index (χ0) is 9.99. The van der Waals surface area contributed by atoms with Gasteiger partial charge in [0.1, 0.15) is 0 Å². The van der Waals surface area contributed by atoms with Gasteiger partial charge in [-0.15, -0.1) is 0 Å². The lowest BCUT2D eigenvalue weighted by molar-refractivity contribution is -0.276. The van der Waals surface area contributed by atoms with Crippen molar-refractivity contribution in [3.8, 4) is 0 Å². The molecule has 74 valence electrons. The van der Waals surface area contributed by atoms with Crippen LogP contribution in [0.2, 0.25) is 0 Å². The summed E-state index contributed by atoms with van der Waals surface area (Å²) in [6, 6.07) is 0. The minimum atomic E-state index is -4.41. The summed E-state index contributed by atoms with van der Waals surface area (Å²) in [7, 11) is 0. The summed E-state index contributed by atoms with van der Waals surface area (Å²) in [4.78, 5) is 0. The molecular weight excluding hydrogens is 171 g/mol. The number of nitrogens with two attached hydrogens (primary N) is 1. The van der Waals surface area contributed by atoms with Crippen LogP contribution < -0.4 is 5.73 Å². The first kappa shape index (κ1) is 11.7. The maximum absolute atomic E-state index is 12.3. The summed E-state index contributed by atoms with van der Waals surface area (Å²) < 4.78 is 41.5. The van der Waals surface area contributed by atoms with Gasteiger partial charge in [0.05, 0.1) is 6.10 Å². The van der Waals surface area contributed by atoms with E-state index in [0.29, 0.717) is 0 Å². The van der Waals surface area contributed by atoms with E-state index in [1.807, 2.05) is 0 Å². The average molecular weight is 185 g/mol. The van der Waals surface area contributed by atoms with Crippen LogP contribution in [0.15, 0.2) is 0 Å². The number of rotatable bonds is 3. The van der Waals surface area contributed by atoms with Crippen molar-refractivity contribution < 1.29 is 17.9 Å². The van der Waals surface area contributed by atoms with Crippen molar-refractivity contribution in [2.45, 2.75) is 38.7 Å². The second kappa shape index (κ2) is 3.62. The predicted octanol–water partition coefficient (Wildman–Crippen LogP) is 1.69. The van der Waals surface area contributed by atoms with Crippen molar-refractivity contribution >= 4 is 0 Å². The minimum absolute atomic E-state index is 0.486. The average Bonchev–Trinajstić information content (AvgIpc) is 1.83. The lowest BCUT2D eigenvalue weighted by Gasteiger charge is -2.32. The second-order valence-electron chi connectivity index (χ2n) is 3.10. The molecule has 0 heterocycles. The molecule has 0 bridgehead atoms. The van der Waals surface area contributed by atoms with Crippen LogP contribution in [0.3, 0.4) is 0 Å². The first-order valence-electron chi connectivity index (χ1n) is 3.67. The van der Waals surface area contributed by atoms with E-state index in [0.717, 1.165) is 6.92 Å². The van der Waals surface area contributed by atoms with Crippen LogP contribution in [0.5, 0.6) is 0 Å². The van der Waals surface area contributed by atoms with Gasteiger partial charge < -0.3 is 10.5 Å². The fraction of sp³-hybridized carbons (Fsp3) is 1.00. The number of hydrogen-bond donors (Lipinski definition) is 1. The zero-order valence-electron chi connectivity index (χ0n) is 7.40. The Labute approximate surface area is 69.9 Å². The molecule has 0 radical (unpaired) electrons. The molecule has 0 saturated carbocycles. The third-order valence-corrected chi connectivity index (χ3v) is 1.48. The van der Waals surface area contributed by atoms with E-state index in [1.165, 1.54) is 0 Å². The first-order chi connectivity index (χ1) is 5.23. The van der Waals surface area contributed by atoms with E-state index in [2.05, 4.69) is 0 Å². The standard InChI is InChI=1S/C7H14F3NO/c1-5(2)12-6(3,4-11)7(8,9)10/h5H,4,11H2,1-3H3. The smallest absolute Gasteiger partial charge is 0.362 e. The van der Waals surface area contributed by atoms with Gasteiger partial charge in [-0.05, 0) is 20.8 Å². The molecule has 0 aromatic heterocycles. The molecule has 0 rings (SSSR count). The van der Waals surface area contributed by atoms with Crippen LogP contribution in [0.1, 0.15) is 20.8 Å². The molecule has 0 aliphatic carbocycles. The van der Waals surface area contributed by atoms with Crippen LogP contribution in [-0.2, 0) is 4.74 Å². The molecule has 1 unspecified atom stereocenters. The molecule has 0 saturated heterocycles. The highest BCUT2D eigenvalue weighted by Crippen LogP contribution is 2.33. The van der Waals surface area contributed by atoms with E-state index in [4.69, 9.17) is 10.5 Å². The number of halogens is 3. The molecule has 0 amide bonds. The monoisotopic (exact) mass is 185 g/mol. The Morgan fingerprint density at radius 2 is 1.75 bits per heavy atom. The molecular formula is C7H14F3NO. The highest BCUT2D eigenvalue weighted by molar-refractivity contribution is 4.85. The zero-order valence-corrected chi connectivity index (χ0v) is 7.40. The van der Waals surface area contributed by atoms with E-state index in [1.54, 1.807) is 13.8 Å².